The first-order chi connectivity index (χ1) is 24.6. The van der Waals surface area contributed by atoms with E-state index in [-0.39, 0.29) is 63.5 Å². The van der Waals surface area contributed by atoms with E-state index in [1.54, 1.807) is 0 Å². The molecular weight excluding hydrogens is 688 g/mol. The topological polar surface area (TPSA) is 284 Å². The van der Waals surface area contributed by atoms with Gasteiger partial charge in [-0.3, -0.25) is 4.79 Å². The minimum atomic E-state index is -1.48. The Morgan fingerprint density at radius 2 is 1.17 bits per heavy atom. The highest BCUT2D eigenvalue weighted by Crippen LogP contribution is 2.48. The van der Waals surface area contributed by atoms with Crippen LogP contribution in [-0.4, -0.2) is 74.3 Å². The fraction of sp³-hybridized carbons (Fsp3) is 0.167. The zero-order chi connectivity index (χ0) is 37.3. The average molecular weight is 717 g/mol. The van der Waals surface area contributed by atoms with E-state index in [0.29, 0.717) is 0 Å². The number of carbonyl (C=O) groups is 1. The van der Waals surface area contributed by atoms with E-state index in [1.807, 2.05) is 0 Å². The number of benzene rings is 4. The lowest BCUT2D eigenvalue weighted by Crippen LogP contribution is -2.34. The van der Waals surface area contributed by atoms with Crippen molar-refractivity contribution in [2.24, 2.45) is 0 Å². The summed E-state index contributed by atoms with van der Waals surface area (Å²) >= 11 is 0. The number of ether oxygens (including phenoxy) is 3. The predicted molar refractivity (Wildman–Crippen MR) is 176 cm³/mol. The standard InChI is InChI=1S/C36H28O16/c37-14-5-20(39)18-10-26(45)35(51-27(18)7-14)17-9-25(44)33(48)30-16(17)1-12(2-24(43)32(30)47)34-29(11-19-21(40)6-15(38)8-28(19)50-34)52-36(49)13-3-22(41)31(46)23(42)4-13/h1-9,26,29,34-35,37-42,44-46,48H,10-11H2,(H,43,47)/t26-,29+,34+,35-/m0/s1. The lowest BCUT2D eigenvalue weighted by atomic mass is 9.90. The molecule has 0 bridgehead atoms. The number of fused-ring (bicyclic) bond motifs is 3. The smallest absolute Gasteiger partial charge is 0.338 e. The molecule has 7 rings (SSSR count). The third-order valence-electron chi connectivity index (χ3n) is 8.98. The highest BCUT2D eigenvalue weighted by atomic mass is 16.6. The third-order valence-corrected chi connectivity index (χ3v) is 8.98. The van der Waals surface area contributed by atoms with Gasteiger partial charge in [-0.2, -0.15) is 0 Å². The van der Waals surface area contributed by atoms with Crippen LogP contribution in [0.25, 0.3) is 10.8 Å². The number of rotatable bonds is 4. The van der Waals surface area contributed by atoms with Crippen LogP contribution in [0.5, 0.6) is 69.0 Å². The maximum atomic E-state index is 13.6. The Kier molecular flexibility index (Phi) is 7.83. The van der Waals surface area contributed by atoms with Crippen LogP contribution in [0.1, 0.15) is 44.8 Å². The summed E-state index contributed by atoms with van der Waals surface area (Å²) in [6.07, 6.45) is -6.28. The number of hydrogen-bond acceptors (Lipinski definition) is 16. The maximum absolute atomic E-state index is 13.6. The molecule has 0 aliphatic carbocycles. The van der Waals surface area contributed by atoms with Crippen LogP contribution in [0.3, 0.4) is 0 Å². The van der Waals surface area contributed by atoms with Crippen LogP contribution in [0.2, 0.25) is 0 Å². The summed E-state index contributed by atoms with van der Waals surface area (Å²) in [4.78, 5) is 27.0. The average Bonchev–Trinajstić information content (AvgIpc) is 3.20. The van der Waals surface area contributed by atoms with Crippen molar-refractivity contribution in [2.75, 3.05) is 0 Å². The van der Waals surface area contributed by atoms with Crippen LogP contribution in [-0.2, 0) is 17.6 Å². The monoisotopic (exact) mass is 716 g/mol. The molecule has 5 aromatic rings. The molecule has 0 radical (unpaired) electrons. The lowest BCUT2D eigenvalue weighted by molar-refractivity contribution is -0.0188. The number of aromatic hydroxyl groups is 10. The van der Waals surface area contributed by atoms with Crippen LogP contribution >= 0.6 is 0 Å². The molecule has 16 nitrogen and oxygen atoms in total. The Hall–Kier alpha value is -6.94. The Labute approximate surface area is 290 Å². The van der Waals surface area contributed by atoms with Gasteiger partial charge in [-0.1, -0.05) is 0 Å². The molecule has 52 heavy (non-hydrogen) atoms. The molecule has 2 heterocycles. The normalized spacial score (nSPS) is 19.2. The van der Waals surface area contributed by atoms with Gasteiger partial charge in [0.05, 0.1) is 17.1 Å². The number of hydrogen-bond donors (Lipinski definition) is 11. The summed E-state index contributed by atoms with van der Waals surface area (Å²) in [7, 11) is 0. The summed E-state index contributed by atoms with van der Waals surface area (Å²) < 4.78 is 17.8. The molecule has 0 amide bonds. The molecule has 0 spiro atoms. The second kappa shape index (κ2) is 12.1. The molecule has 268 valence electrons. The molecule has 2 aliphatic heterocycles. The number of aliphatic hydroxyl groups excluding tert-OH is 1. The summed E-state index contributed by atoms with van der Waals surface area (Å²) in [5, 5.41) is 114. The number of esters is 1. The van der Waals surface area contributed by atoms with Crippen molar-refractivity contribution >= 4 is 16.7 Å². The van der Waals surface area contributed by atoms with Gasteiger partial charge >= 0.3 is 5.97 Å². The van der Waals surface area contributed by atoms with Gasteiger partial charge in [-0.15, -0.1) is 0 Å². The summed E-state index contributed by atoms with van der Waals surface area (Å²) in [5.74, 6) is -8.17. The quantitative estimate of drug-likeness (QED) is 0.0940. The molecule has 0 fully saturated rings. The van der Waals surface area contributed by atoms with E-state index in [4.69, 9.17) is 14.2 Å². The fourth-order valence-electron chi connectivity index (χ4n) is 6.53. The molecule has 0 saturated carbocycles. The molecule has 0 unspecified atom stereocenters. The van der Waals surface area contributed by atoms with Crippen molar-refractivity contribution in [3.8, 4) is 69.0 Å². The molecule has 0 aromatic heterocycles. The fourth-order valence-corrected chi connectivity index (χ4v) is 6.53. The van der Waals surface area contributed by atoms with Gasteiger partial charge in [0.2, 0.25) is 5.43 Å². The largest absolute Gasteiger partial charge is 0.508 e. The summed E-state index contributed by atoms with van der Waals surface area (Å²) in [6, 6.07) is 9.20. The second-order valence-electron chi connectivity index (χ2n) is 12.4. The highest BCUT2D eigenvalue weighted by molar-refractivity contribution is 5.94. The highest BCUT2D eigenvalue weighted by Gasteiger charge is 2.39. The Balaban J connectivity index is 1.41. The van der Waals surface area contributed by atoms with E-state index >= 15 is 0 Å². The van der Waals surface area contributed by atoms with Crippen molar-refractivity contribution in [1.82, 2.24) is 0 Å². The van der Waals surface area contributed by atoms with Crippen LogP contribution in [0.4, 0.5) is 0 Å². The molecule has 16 heteroatoms. The van der Waals surface area contributed by atoms with E-state index < -0.39 is 92.8 Å². The second-order valence-corrected chi connectivity index (χ2v) is 12.4. The van der Waals surface area contributed by atoms with Crippen LogP contribution in [0.15, 0.2) is 59.4 Å². The Morgan fingerprint density at radius 3 is 1.79 bits per heavy atom. The summed E-state index contributed by atoms with van der Waals surface area (Å²) in [6.45, 7) is 0. The number of phenols is 9. The molecule has 2 aliphatic rings. The Morgan fingerprint density at radius 1 is 0.615 bits per heavy atom. The molecular formula is C36H28O16. The maximum Gasteiger partial charge on any atom is 0.338 e. The van der Waals surface area contributed by atoms with E-state index in [0.717, 1.165) is 42.5 Å². The molecule has 11 N–H and O–H groups in total. The minimum absolute atomic E-state index is 0.0376. The number of aliphatic hydroxyl groups is 1. The van der Waals surface area contributed by atoms with Gasteiger partial charge in [0, 0.05) is 59.4 Å². The van der Waals surface area contributed by atoms with Crippen molar-refractivity contribution in [3.05, 3.63) is 92.6 Å². The third kappa shape index (κ3) is 5.56. The summed E-state index contributed by atoms with van der Waals surface area (Å²) in [5.41, 5.74) is -1.58. The van der Waals surface area contributed by atoms with Crippen LogP contribution in [0, 0.1) is 0 Å². The van der Waals surface area contributed by atoms with Crippen LogP contribution < -0.4 is 14.9 Å². The first-order valence-electron chi connectivity index (χ1n) is 15.4. The van der Waals surface area contributed by atoms with Crippen molar-refractivity contribution in [1.29, 1.82) is 0 Å². The number of phenolic OH excluding ortho intramolecular Hbond substituents is 9. The van der Waals surface area contributed by atoms with Crippen molar-refractivity contribution in [2.45, 2.75) is 37.3 Å². The van der Waals surface area contributed by atoms with E-state index in [1.165, 1.54) is 12.1 Å². The van der Waals surface area contributed by atoms with Gasteiger partial charge in [-0.25, -0.2) is 4.79 Å². The first-order valence-corrected chi connectivity index (χ1v) is 15.4. The SMILES string of the molecule is O=C(O[C@@H]1Cc2c(O)cc(O)cc2O[C@@H]1c1cc(O)c(=O)c2c(O)c(O)cc([C@@H]3Oc4cc(O)cc(O)c4C[C@@H]3O)c2c1)c1cc(O)c(O)c(O)c1. The molecule has 5 aromatic carbocycles. The molecule has 4 atom stereocenters. The van der Waals surface area contributed by atoms with Gasteiger partial charge in [0.15, 0.2) is 46.7 Å². The Bertz CT molecular complexity index is 2370. The zero-order valence-corrected chi connectivity index (χ0v) is 26.4. The van der Waals surface area contributed by atoms with Gasteiger partial charge in [0.1, 0.15) is 40.6 Å². The van der Waals surface area contributed by atoms with E-state index in [9.17, 15) is 65.8 Å². The zero-order valence-electron chi connectivity index (χ0n) is 26.4. The van der Waals surface area contributed by atoms with Gasteiger partial charge in [0.25, 0.3) is 0 Å². The first kappa shape index (κ1) is 33.6. The van der Waals surface area contributed by atoms with Gasteiger partial charge < -0.3 is 70.4 Å². The lowest BCUT2D eigenvalue weighted by Gasteiger charge is -2.34. The molecule has 0 saturated heterocycles. The number of carbonyl (C=O) groups excluding carboxylic acids is 1. The van der Waals surface area contributed by atoms with Crippen molar-refractivity contribution < 1.29 is 75.2 Å². The predicted octanol–water partition coefficient (Wildman–Crippen LogP) is 3.19. The van der Waals surface area contributed by atoms with E-state index in [2.05, 4.69) is 0 Å². The minimum Gasteiger partial charge on any atom is -0.508 e. The van der Waals surface area contributed by atoms with Crippen molar-refractivity contribution in [3.63, 3.8) is 0 Å². The van der Waals surface area contributed by atoms with Gasteiger partial charge in [-0.05, 0) is 35.7 Å².